The van der Waals surface area contributed by atoms with Crippen molar-refractivity contribution in [2.24, 2.45) is 0 Å². The Morgan fingerprint density at radius 3 is 2.33 bits per heavy atom. The molecule has 0 fully saturated rings. The highest BCUT2D eigenvalue weighted by Crippen LogP contribution is 2.28. The number of esters is 1. The van der Waals surface area contributed by atoms with Crippen molar-refractivity contribution in [3.8, 4) is 22.6 Å². The summed E-state index contributed by atoms with van der Waals surface area (Å²) < 4.78 is 10.3. The van der Waals surface area contributed by atoms with Crippen molar-refractivity contribution in [1.82, 2.24) is 0 Å². The molecule has 0 heterocycles. The van der Waals surface area contributed by atoms with E-state index in [9.17, 15) is 9.90 Å². The fourth-order valence-electron chi connectivity index (χ4n) is 2.97. The zero-order valence-electron chi connectivity index (χ0n) is 16.4. The van der Waals surface area contributed by atoms with Crippen LogP contribution in [-0.2, 0) is 16.0 Å². The number of ether oxygens (including phenoxy) is 2. The summed E-state index contributed by atoms with van der Waals surface area (Å²) in [6, 6.07) is 13.3. The van der Waals surface area contributed by atoms with Crippen LogP contribution >= 0.6 is 0 Å². The zero-order chi connectivity index (χ0) is 19.5. The lowest BCUT2D eigenvalue weighted by atomic mass is 9.99. The van der Waals surface area contributed by atoms with Crippen LogP contribution in [0.2, 0.25) is 0 Å². The number of aromatic hydroxyl groups is 1. The number of carbonyl (C=O) groups excluding carboxylic acids is 1. The number of aryl methyl sites for hydroxylation is 1. The summed E-state index contributed by atoms with van der Waals surface area (Å²) in [4.78, 5) is 11.3. The van der Waals surface area contributed by atoms with Crippen LogP contribution in [0.1, 0.15) is 51.5 Å². The SMILES string of the molecule is CCCCCCCc1cc(-c2ccc(OCC(=O)OCC)cc2)ccc1O. The van der Waals surface area contributed by atoms with Gasteiger partial charge in [-0.2, -0.15) is 0 Å². The summed E-state index contributed by atoms with van der Waals surface area (Å²) in [6.45, 7) is 4.24. The Morgan fingerprint density at radius 2 is 1.63 bits per heavy atom. The lowest BCUT2D eigenvalue weighted by Gasteiger charge is -2.10. The van der Waals surface area contributed by atoms with Crippen LogP contribution in [0.15, 0.2) is 42.5 Å². The fraction of sp³-hybridized carbons (Fsp3) is 0.435. The second-order valence-corrected chi connectivity index (χ2v) is 6.63. The summed E-state index contributed by atoms with van der Waals surface area (Å²) >= 11 is 0. The van der Waals surface area contributed by atoms with Crippen LogP contribution < -0.4 is 4.74 Å². The van der Waals surface area contributed by atoms with E-state index in [-0.39, 0.29) is 12.6 Å². The maximum absolute atomic E-state index is 11.3. The second-order valence-electron chi connectivity index (χ2n) is 6.63. The van der Waals surface area contributed by atoms with E-state index in [0.717, 1.165) is 29.5 Å². The Balaban J connectivity index is 1.96. The number of benzene rings is 2. The van der Waals surface area contributed by atoms with Gasteiger partial charge in [-0.25, -0.2) is 4.79 Å². The molecule has 0 aliphatic carbocycles. The number of hydrogen-bond donors (Lipinski definition) is 1. The minimum atomic E-state index is -0.372. The molecule has 2 aromatic carbocycles. The minimum absolute atomic E-state index is 0.0887. The average Bonchev–Trinajstić information content (AvgIpc) is 2.68. The molecule has 0 radical (unpaired) electrons. The van der Waals surface area contributed by atoms with Crippen LogP contribution in [-0.4, -0.2) is 24.3 Å². The summed E-state index contributed by atoms with van der Waals surface area (Å²) in [6.07, 6.45) is 6.95. The van der Waals surface area contributed by atoms with Crippen molar-refractivity contribution in [2.45, 2.75) is 52.4 Å². The first-order valence-electron chi connectivity index (χ1n) is 9.84. The largest absolute Gasteiger partial charge is 0.508 e. The molecule has 1 N–H and O–H groups in total. The van der Waals surface area contributed by atoms with Crippen molar-refractivity contribution in [3.05, 3.63) is 48.0 Å². The van der Waals surface area contributed by atoms with Crippen molar-refractivity contribution in [2.75, 3.05) is 13.2 Å². The molecule has 0 saturated carbocycles. The quantitative estimate of drug-likeness (QED) is 0.418. The number of hydrogen-bond acceptors (Lipinski definition) is 4. The van der Waals surface area contributed by atoms with Gasteiger partial charge in [-0.1, -0.05) is 50.8 Å². The van der Waals surface area contributed by atoms with Gasteiger partial charge in [0.05, 0.1) is 6.61 Å². The Morgan fingerprint density at radius 1 is 0.926 bits per heavy atom. The van der Waals surface area contributed by atoms with Crippen LogP contribution in [0, 0.1) is 0 Å². The molecule has 4 nitrogen and oxygen atoms in total. The molecule has 0 saturated heterocycles. The van der Waals surface area contributed by atoms with Gasteiger partial charge in [0.2, 0.25) is 0 Å². The third kappa shape index (κ3) is 6.97. The molecule has 0 aliphatic heterocycles. The van der Waals surface area contributed by atoms with Crippen LogP contribution in [0.3, 0.4) is 0 Å². The van der Waals surface area contributed by atoms with Gasteiger partial charge in [-0.05, 0) is 60.7 Å². The van der Waals surface area contributed by atoms with Crippen LogP contribution in [0.5, 0.6) is 11.5 Å². The Kier molecular flexibility index (Phi) is 8.69. The first-order chi connectivity index (χ1) is 13.1. The maximum Gasteiger partial charge on any atom is 0.344 e. The van der Waals surface area contributed by atoms with Gasteiger partial charge < -0.3 is 14.6 Å². The fourth-order valence-corrected chi connectivity index (χ4v) is 2.97. The van der Waals surface area contributed by atoms with Gasteiger partial charge in [-0.15, -0.1) is 0 Å². The molecule has 4 heteroatoms. The zero-order valence-corrected chi connectivity index (χ0v) is 16.4. The molecule has 0 aromatic heterocycles. The van der Waals surface area contributed by atoms with E-state index in [2.05, 4.69) is 13.0 Å². The standard InChI is InChI=1S/C23H30O4/c1-3-5-6-7-8-9-20-16-19(12-15-22(20)24)18-10-13-21(14-11-18)27-17-23(25)26-4-2/h10-16,24H,3-9,17H2,1-2H3. The molecule has 0 amide bonds. The molecule has 146 valence electrons. The monoisotopic (exact) mass is 370 g/mol. The normalized spacial score (nSPS) is 10.6. The second kappa shape index (κ2) is 11.3. The highest BCUT2D eigenvalue weighted by Gasteiger charge is 2.07. The van der Waals surface area contributed by atoms with Gasteiger partial charge in [0.15, 0.2) is 6.61 Å². The number of rotatable bonds is 11. The van der Waals surface area contributed by atoms with E-state index in [4.69, 9.17) is 9.47 Å². The van der Waals surface area contributed by atoms with Crippen molar-refractivity contribution >= 4 is 5.97 Å². The Bertz CT molecular complexity index is 707. The smallest absolute Gasteiger partial charge is 0.344 e. The molecule has 0 aliphatic rings. The summed E-state index contributed by atoms with van der Waals surface area (Å²) in [5.74, 6) is 0.619. The molecular formula is C23H30O4. The third-order valence-corrected chi connectivity index (χ3v) is 4.48. The molecule has 0 bridgehead atoms. The van der Waals surface area contributed by atoms with Gasteiger partial charge >= 0.3 is 5.97 Å². The number of phenolic OH excluding ortho intramolecular Hbond substituents is 1. The van der Waals surface area contributed by atoms with E-state index < -0.39 is 0 Å². The highest BCUT2D eigenvalue weighted by molar-refractivity contribution is 5.71. The lowest BCUT2D eigenvalue weighted by molar-refractivity contribution is -0.145. The molecule has 0 spiro atoms. The Hall–Kier alpha value is -2.49. The molecule has 27 heavy (non-hydrogen) atoms. The van der Waals surface area contributed by atoms with Crippen molar-refractivity contribution in [1.29, 1.82) is 0 Å². The minimum Gasteiger partial charge on any atom is -0.508 e. The van der Waals surface area contributed by atoms with Gasteiger partial charge in [0, 0.05) is 0 Å². The first kappa shape index (κ1) is 20.8. The number of carbonyl (C=O) groups is 1. The van der Waals surface area contributed by atoms with Crippen molar-refractivity contribution in [3.63, 3.8) is 0 Å². The Labute approximate surface area is 162 Å². The third-order valence-electron chi connectivity index (χ3n) is 4.48. The van der Waals surface area contributed by atoms with Crippen LogP contribution in [0.25, 0.3) is 11.1 Å². The highest BCUT2D eigenvalue weighted by atomic mass is 16.6. The van der Waals surface area contributed by atoms with E-state index in [1.807, 2.05) is 30.3 Å². The van der Waals surface area contributed by atoms with E-state index in [1.54, 1.807) is 13.0 Å². The van der Waals surface area contributed by atoms with E-state index in [1.165, 1.54) is 25.7 Å². The van der Waals surface area contributed by atoms with Gasteiger partial charge in [0.25, 0.3) is 0 Å². The summed E-state index contributed by atoms with van der Waals surface area (Å²) in [5.41, 5.74) is 3.10. The average molecular weight is 370 g/mol. The predicted octanol–water partition coefficient (Wildman–Crippen LogP) is 5.51. The lowest BCUT2D eigenvalue weighted by Crippen LogP contribution is -2.14. The van der Waals surface area contributed by atoms with Crippen molar-refractivity contribution < 1.29 is 19.4 Å². The van der Waals surface area contributed by atoms with Gasteiger partial charge in [-0.3, -0.25) is 0 Å². The molecule has 0 atom stereocenters. The summed E-state index contributed by atoms with van der Waals surface area (Å²) in [5, 5.41) is 10.1. The maximum atomic E-state index is 11.3. The van der Waals surface area contributed by atoms with E-state index in [0.29, 0.717) is 18.1 Å². The van der Waals surface area contributed by atoms with E-state index >= 15 is 0 Å². The molecular weight excluding hydrogens is 340 g/mol. The summed E-state index contributed by atoms with van der Waals surface area (Å²) in [7, 11) is 0. The molecule has 2 rings (SSSR count). The number of unbranched alkanes of at least 4 members (excludes halogenated alkanes) is 4. The van der Waals surface area contributed by atoms with Gasteiger partial charge in [0.1, 0.15) is 11.5 Å². The topological polar surface area (TPSA) is 55.8 Å². The predicted molar refractivity (Wildman–Crippen MR) is 108 cm³/mol. The molecule has 0 unspecified atom stereocenters. The number of phenols is 1. The molecule has 2 aromatic rings. The first-order valence-corrected chi connectivity index (χ1v) is 9.84. The van der Waals surface area contributed by atoms with Crippen LogP contribution in [0.4, 0.5) is 0 Å².